The third-order valence-electron chi connectivity index (χ3n) is 2.72. The largest absolute Gasteiger partial charge is 0.319 e. The van der Waals surface area contributed by atoms with E-state index < -0.39 is 17.2 Å². The Morgan fingerprint density at radius 1 is 1.38 bits per heavy atom. The van der Waals surface area contributed by atoms with E-state index in [0.29, 0.717) is 12.0 Å². The Bertz CT molecular complexity index is 402. The SMILES string of the molecule is CCC(C)(N)C(=O)Cc1ccc(F)c(F)c1. The number of hydrogen-bond donors (Lipinski definition) is 1. The van der Waals surface area contributed by atoms with Crippen molar-refractivity contribution in [3.05, 3.63) is 35.4 Å². The molecule has 0 saturated heterocycles. The summed E-state index contributed by atoms with van der Waals surface area (Å²) in [6, 6.07) is 3.43. The van der Waals surface area contributed by atoms with Crippen LogP contribution in [-0.2, 0) is 11.2 Å². The molecular weight excluding hydrogens is 212 g/mol. The molecule has 1 atom stereocenters. The monoisotopic (exact) mass is 227 g/mol. The van der Waals surface area contributed by atoms with Gasteiger partial charge >= 0.3 is 0 Å². The highest BCUT2D eigenvalue weighted by Gasteiger charge is 2.25. The van der Waals surface area contributed by atoms with Crippen molar-refractivity contribution in [3.63, 3.8) is 0 Å². The van der Waals surface area contributed by atoms with Crippen LogP contribution >= 0.6 is 0 Å². The second kappa shape index (κ2) is 4.70. The normalized spacial score (nSPS) is 14.6. The van der Waals surface area contributed by atoms with Gasteiger partial charge in [-0.25, -0.2) is 8.78 Å². The zero-order valence-electron chi connectivity index (χ0n) is 9.39. The maximum Gasteiger partial charge on any atom is 0.159 e. The number of carbonyl (C=O) groups excluding carboxylic acids is 1. The molecule has 0 aliphatic rings. The molecule has 0 aromatic heterocycles. The Hall–Kier alpha value is -1.29. The number of Topliss-reactive ketones (excluding diaryl/α,β-unsaturated/α-hetero) is 1. The van der Waals surface area contributed by atoms with E-state index in [-0.39, 0.29) is 12.2 Å². The lowest BCUT2D eigenvalue weighted by molar-refractivity contribution is -0.123. The van der Waals surface area contributed by atoms with E-state index in [1.807, 2.05) is 6.92 Å². The molecule has 0 radical (unpaired) electrons. The van der Waals surface area contributed by atoms with Gasteiger partial charge in [0.1, 0.15) is 0 Å². The average molecular weight is 227 g/mol. The summed E-state index contributed by atoms with van der Waals surface area (Å²) in [5.41, 5.74) is 5.29. The molecule has 0 heterocycles. The number of hydrogen-bond acceptors (Lipinski definition) is 2. The van der Waals surface area contributed by atoms with Gasteiger partial charge in [-0.2, -0.15) is 0 Å². The van der Waals surface area contributed by atoms with Crippen molar-refractivity contribution in [2.75, 3.05) is 0 Å². The molecule has 0 saturated carbocycles. The van der Waals surface area contributed by atoms with Gasteiger partial charge in [-0.15, -0.1) is 0 Å². The van der Waals surface area contributed by atoms with Gasteiger partial charge in [-0.05, 0) is 31.0 Å². The number of ketones is 1. The number of halogens is 2. The molecule has 1 aromatic rings. The summed E-state index contributed by atoms with van der Waals surface area (Å²) >= 11 is 0. The van der Waals surface area contributed by atoms with Gasteiger partial charge in [-0.3, -0.25) is 4.79 Å². The summed E-state index contributed by atoms with van der Waals surface area (Å²) in [5.74, 6) is -2.04. The summed E-state index contributed by atoms with van der Waals surface area (Å²) in [5, 5.41) is 0. The third kappa shape index (κ3) is 2.85. The first-order valence-electron chi connectivity index (χ1n) is 5.13. The first-order valence-corrected chi connectivity index (χ1v) is 5.13. The maximum absolute atomic E-state index is 12.9. The zero-order chi connectivity index (χ0) is 12.3. The van der Waals surface area contributed by atoms with Crippen LogP contribution < -0.4 is 5.73 Å². The van der Waals surface area contributed by atoms with Gasteiger partial charge in [-0.1, -0.05) is 13.0 Å². The Morgan fingerprint density at radius 3 is 2.50 bits per heavy atom. The molecule has 0 aliphatic carbocycles. The van der Waals surface area contributed by atoms with Crippen LogP contribution in [0.5, 0.6) is 0 Å². The topological polar surface area (TPSA) is 43.1 Å². The lowest BCUT2D eigenvalue weighted by atomic mass is 9.90. The quantitative estimate of drug-likeness (QED) is 0.856. The highest BCUT2D eigenvalue weighted by molar-refractivity contribution is 5.89. The summed E-state index contributed by atoms with van der Waals surface area (Å²) in [4.78, 5) is 11.7. The Morgan fingerprint density at radius 2 is 2.00 bits per heavy atom. The minimum Gasteiger partial charge on any atom is -0.319 e. The van der Waals surface area contributed by atoms with Crippen LogP contribution in [0, 0.1) is 11.6 Å². The molecule has 0 bridgehead atoms. The highest BCUT2D eigenvalue weighted by atomic mass is 19.2. The smallest absolute Gasteiger partial charge is 0.159 e. The molecule has 2 nitrogen and oxygen atoms in total. The third-order valence-corrected chi connectivity index (χ3v) is 2.72. The van der Waals surface area contributed by atoms with Crippen LogP contribution in [0.3, 0.4) is 0 Å². The van der Waals surface area contributed by atoms with Crippen molar-refractivity contribution >= 4 is 5.78 Å². The van der Waals surface area contributed by atoms with Gasteiger partial charge in [0.05, 0.1) is 5.54 Å². The molecule has 1 unspecified atom stereocenters. The van der Waals surface area contributed by atoms with Gasteiger partial charge < -0.3 is 5.73 Å². The minimum absolute atomic E-state index is 0.0258. The number of benzene rings is 1. The summed E-state index contributed by atoms with van der Waals surface area (Å²) < 4.78 is 25.5. The second-order valence-corrected chi connectivity index (χ2v) is 4.12. The van der Waals surface area contributed by atoms with E-state index in [1.165, 1.54) is 6.07 Å². The van der Waals surface area contributed by atoms with E-state index in [1.54, 1.807) is 6.92 Å². The molecule has 4 heteroatoms. The van der Waals surface area contributed by atoms with Crippen LogP contribution in [0.25, 0.3) is 0 Å². The van der Waals surface area contributed by atoms with Crippen LogP contribution in [0.4, 0.5) is 8.78 Å². The van der Waals surface area contributed by atoms with Crippen LogP contribution in [0.2, 0.25) is 0 Å². The van der Waals surface area contributed by atoms with E-state index in [4.69, 9.17) is 5.73 Å². The molecule has 88 valence electrons. The van der Waals surface area contributed by atoms with Crippen molar-refractivity contribution < 1.29 is 13.6 Å². The van der Waals surface area contributed by atoms with Crippen LogP contribution in [0.15, 0.2) is 18.2 Å². The first-order chi connectivity index (χ1) is 7.36. The van der Waals surface area contributed by atoms with Gasteiger partial charge in [0.2, 0.25) is 0 Å². The minimum atomic E-state index is -0.944. The van der Waals surface area contributed by atoms with Gasteiger partial charge in [0.15, 0.2) is 17.4 Å². The lowest BCUT2D eigenvalue weighted by Crippen LogP contribution is -2.45. The van der Waals surface area contributed by atoms with E-state index in [0.717, 1.165) is 12.1 Å². The van der Waals surface area contributed by atoms with E-state index in [2.05, 4.69) is 0 Å². The molecule has 16 heavy (non-hydrogen) atoms. The highest BCUT2D eigenvalue weighted by Crippen LogP contribution is 2.14. The van der Waals surface area contributed by atoms with E-state index in [9.17, 15) is 13.6 Å². The summed E-state index contributed by atoms with van der Waals surface area (Å²) in [7, 11) is 0. The van der Waals surface area contributed by atoms with Crippen molar-refractivity contribution in [1.82, 2.24) is 0 Å². The standard InChI is InChI=1S/C12H15F2NO/c1-3-12(2,15)11(16)7-8-4-5-9(13)10(14)6-8/h4-6H,3,7,15H2,1-2H3. The fourth-order valence-electron chi connectivity index (χ4n) is 1.23. The molecule has 0 spiro atoms. The van der Waals surface area contributed by atoms with Crippen LogP contribution in [0.1, 0.15) is 25.8 Å². The second-order valence-electron chi connectivity index (χ2n) is 4.12. The van der Waals surface area contributed by atoms with Gasteiger partial charge in [0, 0.05) is 6.42 Å². The average Bonchev–Trinajstić information content (AvgIpc) is 2.23. The molecule has 1 rings (SSSR count). The van der Waals surface area contributed by atoms with Crippen LogP contribution in [-0.4, -0.2) is 11.3 Å². The lowest BCUT2D eigenvalue weighted by Gasteiger charge is -2.20. The maximum atomic E-state index is 12.9. The van der Waals surface area contributed by atoms with E-state index >= 15 is 0 Å². The predicted octanol–water partition coefficient (Wildman–Crippen LogP) is 2.20. The van der Waals surface area contributed by atoms with Crippen molar-refractivity contribution in [2.45, 2.75) is 32.2 Å². The number of rotatable bonds is 4. The first kappa shape index (κ1) is 12.8. The summed E-state index contributed by atoms with van der Waals surface area (Å²) in [6.07, 6.45) is 0.535. The fraction of sp³-hybridized carbons (Fsp3) is 0.417. The number of carbonyl (C=O) groups is 1. The predicted molar refractivity (Wildman–Crippen MR) is 58.0 cm³/mol. The molecule has 2 N–H and O–H groups in total. The molecule has 1 aromatic carbocycles. The van der Waals surface area contributed by atoms with Gasteiger partial charge in [0.25, 0.3) is 0 Å². The Labute approximate surface area is 93.5 Å². The number of nitrogens with two attached hydrogens (primary N) is 1. The summed E-state index contributed by atoms with van der Waals surface area (Å²) in [6.45, 7) is 3.44. The van der Waals surface area contributed by atoms with Crippen molar-refractivity contribution in [1.29, 1.82) is 0 Å². The molecule has 0 fully saturated rings. The molecule has 0 aliphatic heterocycles. The molecule has 0 amide bonds. The fourth-order valence-corrected chi connectivity index (χ4v) is 1.23. The van der Waals surface area contributed by atoms with Crippen molar-refractivity contribution in [3.8, 4) is 0 Å². The Kier molecular flexibility index (Phi) is 3.75. The van der Waals surface area contributed by atoms with Crippen molar-refractivity contribution in [2.24, 2.45) is 5.73 Å². The Balaban J connectivity index is 2.82. The zero-order valence-corrected chi connectivity index (χ0v) is 9.39. The molecular formula is C12H15F2NO.